The van der Waals surface area contributed by atoms with Crippen molar-refractivity contribution in [2.24, 2.45) is 0 Å². The van der Waals surface area contributed by atoms with E-state index in [9.17, 15) is 23.1 Å². The summed E-state index contributed by atoms with van der Waals surface area (Å²) in [6, 6.07) is 11.6. The van der Waals surface area contributed by atoms with Crippen molar-refractivity contribution >= 4 is 16.9 Å². The van der Waals surface area contributed by atoms with Gasteiger partial charge >= 0.3 is 12.1 Å². The minimum absolute atomic E-state index is 0.226. The molecule has 7 heteroatoms. The van der Waals surface area contributed by atoms with Crippen molar-refractivity contribution in [1.82, 2.24) is 10.3 Å². The number of halogens is 3. The summed E-state index contributed by atoms with van der Waals surface area (Å²) >= 11 is 0. The Labute approximate surface area is 147 Å². The van der Waals surface area contributed by atoms with E-state index in [1.807, 2.05) is 12.1 Å². The number of para-hydroxylation sites is 1. The molecule has 1 heterocycles. The number of rotatable bonds is 5. The van der Waals surface area contributed by atoms with Crippen LogP contribution in [0.4, 0.5) is 13.2 Å². The summed E-state index contributed by atoms with van der Waals surface area (Å²) in [7, 11) is 1.63. The molecule has 1 unspecified atom stereocenters. The van der Waals surface area contributed by atoms with Crippen molar-refractivity contribution in [2.75, 3.05) is 7.05 Å². The minimum Gasteiger partial charge on any atom is -0.481 e. The first-order valence-electron chi connectivity index (χ1n) is 7.97. The zero-order chi connectivity index (χ0) is 18.9. The van der Waals surface area contributed by atoms with Crippen LogP contribution in [0, 0.1) is 0 Å². The first kappa shape index (κ1) is 18.0. The molecule has 0 radical (unpaired) electrons. The van der Waals surface area contributed by atoms with Crippen molar-refractivity contribution in [1.29, 1.82) is 0 Å². The number of hydrogen-bond donors (Lipinski definition) is 3. The predicted molar refractivity (Wildman–Crippen MR) is 92.0 cm³/mol. The second-order valence-electron chi connectivity index (χ2n) is 5.98. The molecule has 0 bridgehead atoms. The van der Waals surface area contributed by atoms with E-state index in [-0.39, 0.29) is 6.42 Å². The van der Waals surface area contributed by atoms with Crippen molar-refractivity contribution < 1.29 is 23.1 Å². The number of hydrogen-bond acceptors (Lipinski definition) is 2. The number of aliphatic carboxylic acids is 1. The first-order chi connectivity index (χ1) is 12.3. The normalized spacial score (nSPS) is 13.1. The lowest BCUT2D eigenvalue weighted by molar-refractivity contribution is -0.138. The van der Waals surface area contributed by atoms with Gasteiger partial charge in [-0.25, -0.2) is 0 Å². The average molecular weight is 362 g/mol. The van der Waals surface area contributed by atoms with Crippen LogP contribution in [0.5, 0.6) is 0 Å². The maximum absolute atomic E-state index is 13.1. The van der Waals surface area contributed by atoms with Crippen LogP contribution in [0.15, 0.2) is 48.5 Å². The minimum atomic E-state index is -4.45. The molecule has 0 saturated heterocycles. The summed E-state index contributed by atoms with van der Waals surface area (Å²) in [6.07, 6.45) is -4.67. The van der Waals surface area contributed by atoms with Gasteiger partial charge in [-0.05, 0) is 36.4 Å². The van der Waals surface area contributed by atoms with E-state index >= 15 is 0 Å². The van der Waals surface area contributed by atoms with Gasteiger partial charge in [0.15, 0.2) is 0 Å². The molecular formula is C19H17F3N2O2. The van der Waals surface area contributed by atoms with Gasteiger partial charge in [-0.2, -0.15) is 13.2 Å². The summed E-state index contributed by atoms with van der Waals surface area (Å²) in [5.41, 5.74) is 1.51. The lowest BCUT2D eigenvalue weighted by Crippen LogP contribution is -2.21. The average Bonchev–Trinajstić information content (AvgIpc) is 2.93. The van der Waals surface area contributed by atoms with E-state index in [4.69, 9.17) is 0 Å². The fourth-order valence-corrected chi connectivity index (χ4v) is 3.18. The molecular weight excluding hydrogens is 345 g/mol. The molecule has 26 heavy (non-hydrogen) atoms. The molecule has 4 nitrogen and oxygen atoms in total. The van der Waals surface area contributed by atoms with E-state index in [1.165, 1.54) is 6.07 Å². The molecule has 0 fully saturated rings. The second kappa shape index (κ2) is 6.84. The maximum Gasteiger partial charge on any atom is 0.416 e. The Balaban J connectivity index is 2.15. The largest absolute Gasteiger partial charge is 0.481 e. The van der Waals surface area contributed by atoms with Gasteiger partial charge in [0.05, 0.1) is 18.0 Å². The Hall–Kier alpha value is -2.80. The topological polar surface area (TPSA) is 65.1 Å². The Kier molecular flexibility index (Phi) is 4.73. The number of aromatic nitrogens is 1. The maximum atomic E-state index is 13.1. The monoisotopic (exact) mass is 362 g/mol. The number of H-pyrrole nitrogens is 1. The molecule has 2 aromatic carbocycles. The van der Waals surface area contributed by atoms with Gasteiger partial charge in [-0.3, -0.25) is 4.79 Å². The van der Waals surface area contributed by atoms with Crippen LogP contribution in [0.2, 0.25) is 0 Å². The van der Waals surface area contributed by atoms with E-state index < -0.39 is 23.8 Å². The molecule has 0 aliphatic heterocycles. The van der Waals surface area contributed by atoms with Gasteiger partial charge in [0.2, 0.25) is 0 Å². The van der Waals surface area contributed by atoms with Gasteiger partial charge in [-0.1, -0.05) is 30.3 Å². The Morgan fingerprint density at radius 3 is 2.58 bits per heavy atom. The lowest BCUT2D eigenvalue weighted by Gasteiger charge is -2.19. The highest BCUT2D eigenvalue weighted by Gasteiger charge is 2.31. The Bertz CT molecular complexity index is 947. The van der Waals surface area contributed by atoms with Crippen LogP contribution in [0.25, 0.3) is 10.9 Å². The third-order valence-corrected chi connectivity index (χ3v) is 4.30. The highest BCUT2D eigenvalue weighted by Crippen LogP contribution is 2.34. The number of benzene rings is 2. The zero-order valence-corrected chi connectivity index (χ0v) is 13.9. The SMILES string of the molecule is CNC(c1cccc(C(F)(F)F)c1)c1[nH]c2ccccc2c1CC(=O)O. The lowest BCUT2D eigenvalue weighted by atomic mass is 9.96. The molecule has 3 N–H and O–H groups in total. The highest BCUT2D eigenvalue weighted by molar-refractivity contribution is 5.88. The van der Waals surface area contributed by atoms with Gasteiger partial charge in [0.1, 0.15) is 0 Å². The van der Waals surface area contributed by atoms with Gasteiger partial charge in [-0.15, -0.1) is 0 Å². The highest BCUT2D eigenvalue weighted by atomic mass is 19.4. The molecule has 1 aromatic heterocycles. The van der Waals surface area contributed by atoms with Gasteiger partial charge in [0.25, 0.3) is 0 Å². The van der Waals surface area contributed by atoms with E-state index in [2.05, 4.69) is 10.3 Å². The smallest absolute Gasteiger partial charge is 0.416 e. The van der Waals surface area contributed by atoms with Crippen LogP contribution in [-0.4, -0.2) is 23.1 Å². The molecule has 3 aromatic rings. The predicted octanol–water partition coefficient (Wildman–Crippen LogP) is 4.12. The number of fused-ring (bicyclic) bond motifs is 1. The van der Waals surface area contributed by atoms with Gasteiger partial charge in [0, 0.05) is 16.6 Å². The number of carboxylic acids is 1. The fraction of sp³-hybridized carbons (Fsp3) is 0.211. The molecule has 1 atom stereocenters. The number of nitrogens with one attached hydrogen (secondary N) is 2. The number of alkyl halides is 3. The van der Waals surface area contributed by atoms with Crippen molar-refractivity contribution in [3.63, 3.8) is 0 Å². The van der Waals surface area contributed by atoms with Crippen molar-refractivity contribution in [2.45, 2.75) is 18.6 Å². The van der Waals surface area contributed by atoms with E-state index in [0.29, 0.717) is 16.8 Å². The van der Waals surface area contributed by atoms with Crippen molar-refractivity contribution in [3.8, 4) is 0 Å². The quantitative estimate of drug-likeness (QED) is 0.640. The molecule has 0 amide bonds. The van der Waals surface area contributed by atoms with Crippen LogP contribution < -0.4 is 5.32 Å². The standard InChI is InChI=1S/C19H17F3N2O2/c1-23-17(11-5-4-6-12(9-11)19(20,21)22)18-14(10-16(25)26)13-7-2-3-8-15(13)24-18/h2-9,17,23-24H,10H2,1H3,(H,25,26). The van der Waals surface area contributed by atoms with E-state index in [0.717, 1.165) is 23.0 Å². The number of carbonyl (C=O) groups is 1. The van der Waals surface area contributed by atoms with Crippen LogP contribution >= 0.6 is 0 Å². The Morgan fingerprint density at radius 2 is 1.92 bits per heavy atom. The first-order valence-corrected chi connectivity index (χ1v) is 7.97. The molecule has 0 saturated carbocycles. The molecule has 0 spiro atoms. The summed E-state index contributed by atoms with van der Waals surface area (Å²) in [5, 5.41) is 13.0. The Morgan fingerprint density at radius 1 is 1.19 bits per heavy atom. The van der Waals surface area contributed by atoms with Crippen LogP contribution in [0.1, 0.15) is 28.4 Å². The van der Waals surface area contributed by atoms with Crippen LogP contribution in [0.3, 0.4) is 0 Å². The third kappa shape index (κ3) is 3.43. The molecule has 3 rings (SSSR count). The third-order valence-electron chi connectivity index (χ3n) is 4.30. The van der Waals surface area contributed by atoms with E-state index in [1.54, 1.807) is 25.2 Å². The van der Waals surface area contributed by atoms with Gasteiger partial charge < -0.3 is 15.4 Å². The van der Waals surface area contributed by atoms with Crippen molar-refractivity contribution in [3.05, 3.63) is 70.9 Å². The number of aromatic amines is 1. The summed E-state index contributed by atoms with van der Waals surface area (Å²) in [6.45, 7) is 0. The fourth-order valence-electron chi connectivity index (χ4n) is 3.18. The molecule has 0 aliphatic rings. The van der Waals surface area contributed by atoms with Crippen LogP contribution in [-0.2, 0) is 17.4 Å². The summed E-state index contributed by atoms with van der Waals surface area (Å²) in [4.78, 5) is 14.5. The summed E-state index contributed by atoms with van der Waals surface area (Å²) in [5.74, 6) is -1.00. The second-order valence-corrected chi connectivity index (χ2v) is 5.98. The number of carboxylic acid groups (broad SMARTS) is 1. The zero-order valence-electron chi connectivity index (χ0n) is 13.9. The summed E-state index contributed by atoms with van der Waals surface area (Å²) < 4.78 is 39.2. The molecule has 136 valence electrons. The molecule has 0 aliphatic carbocycles.